The van der Waals surface area contributed by atoms with E-state index in [0.29, 0.717) is 15.7 Å². The molecule has 0 spiro atoms. The number of nitrogens with one attached hydrogen (secondary N) is 1. The van der Waals surface area contributed by atoms with Gasteiger partial charge in [0.2, 0.25) is 0 Å². The van der Waals surface area contributed by atoms with Gasteiger partial charge in [0, 0.05) is 6.20 Å². The second-order valence-electron chi connectivity index (χ2n) is 6.54. The number of carboxylic acids is 1. The monoisotopic (exact) mass is 404 g/mol. The summed E-state index contributed by atoms with van der Waals surface area (Å²) in [4.78, 5) is 26.2. The average molecular weight is 405 g/mol. The van der Waals surface area contributed by atoms with E-state index in [9.17, 15) is 14.7 Å². The fourth-order valence-corrected chi connectivity index (χ4v) is 3.37. The number of aromatic amines is 1. The first-order valence-electron chi connectivity index (χ1n) is 8.37. The van der Waals surface area contributed by atoms with Crippen LogP contribution in [0.15, 0.2) is 41.3 Å². The molecule has 1 saturated carbocycles. The highest BCUT2D eigenvalue weighted by Gasteiger charge is 2.24. The van der Waals surface area contributed by atoms with E-state index in [0.717, 1.165) is 35.1 Å². The minimum absolute atomic E-state index is 0.255. The molecule has 0 saturated heterocycles. The van der Waals surface area contributed by atoms with Crippen molar-refractivity contribution < 1.29 is 9.90 Å². The van der Waals surface area contributed by atoms with Gasteiger partial charge >= 0.3 is 5.97 Å². The summed E-state index contributed by atoms with van der Waals surface area (Å²) in [5.74, 6) is -1.00. The molecular formula is C20H18Cl2N2O3. The largest absolute Gasteiger partial charge is 0.477 e. The molecule has 1 aliphatic carbocycles. The van der Waals surface area contributed by atoms with Crippen LogP contribution in [0, 0.1) is 6.92 Å². The van der Waals surface area contributed by atoms with E-state index in [1.54, 1.807) is 18.2 Å². The van der Waals surface area contributed by atoms with Gasteiger partial charge < -0.3 is 15.8 Å². The van der Waals surface area contributed by atoms with Crippen LogP contribution in [0.1, 0.15) is 40.2 Å². The molecule has 5 nitrogen and oxygen atoms in total. The summed E-state index contributed by atoms with van der Waals surface area (Å²) in [6, 6.07) is 8.48. The van der Waals surface area contributed by atoms with Crippen molar-refractivity contribution in [3.05, 3.63) is 73.6 Å². The van der Waals surface area contributed by atoms with Crippen LogP contribution in [0.5, 0.6) is 0 Å². The summed E-state index contributed by atoms with van der Waals surface area (Å²) in [5.41, 5.74) is 8.42. The molecule has 27 heavy (non-hydrogen) atoms. The molecule has 1 aliphatic rings. The number of halogens is 2. The Morgan fingerprint density at radius 2 is 1.81 bits per heavy atom. The second-order valence-corrected chi connectivity index (χ2v) is 7.35. The number of hydrogen-bond acceptors (Lipinski definition) is 3. The first-order valence-corrected chi connectivity index (χ1v) is 9.13. The van der Waals surface area contributed by atoms with Crippen LogP contribution in [0.25, 0.3) is 11.1 Å². The Kier molecular flexibility index (Phi) is 5.44. The van der Waals surface area contributed by atoms with Crippen molar-refractivity contribution in [1.82, 2.24) is 4.98 Å². The molecule has 0 atom stereocenters. The van der Waals surface area contributed by atoms with Gasteiger partial charge in [0.25, 0.3) is 5.56 Å². The van der Waals surface area contributed by atoms with Crippen LogP contribution < -0.4 is 11.3 Å². The zero-order valence-electron chi connectivity index (χ0n) is 14.6. The highest BCUT2D eigenvalue weighted by molar-refractivity contribution is 6.39. The lowest BCUT2D eigenvalue weighted by molar-refractivity contribution is 0.0695. The predicted molar refractivity (Wildman–Crippen MR) is 108 cm³/mol. The summed E-state index contributed by atoms with van der Waals surface area (Å²) in [6.45, 7) is 1.91. The van der Waals surface area contributed by atoms with E-state index in [2.05, 4.69) is 4.98 Å². The molecule has 0 radical (unpaired) electrons. The molecule has 1 heterocycles. The fraction of sp³-hybridized carbons (Fsp3) is 0.200. The van der Waals surface area contributed by atoms with Gasteiger partial charge in [-0.2, -0.15) is 0 Å². The summed E-state index contributed by atoms with van der Waals surface area (Å²) in [5, 5.41) is 10.0. The number of aromatic carboxylic acids is 1. The van der Waals surface area contributed by atoms with E-state index in [1.807, 2.05) is 13.0 Å². The third-order valence-corrected chi connectivity index (χ3v) is 5.12. The van der Waals surface area contributed by atoms with Crippen LogP contribution in [0.3, 0.4) is 0 Å². The van der Waals surface area contributed by atoms with E-state index in [-0.39, 0.29) is 11.5 Å². The normalized spacial score (nSPS) is 13.1. The molecule has 0 aliphatic heterocycles. The van der Waals surface area contributed by atoms with Crippen molar-refractivity contribution in [2.24, 2.45) is 0 Å². The van der Waals surface area contributed by atoms with Gasteiger partial charge in [-0.05, 0) is 72.2 Å². The Labute approximate surface area is 166 Å². The third-order valence-electron chi connectivity index (χ3n) is 4.50. The lowest BCUT2D eigenvalue weighted by Gasteiger charge is -2.09. The number of rotatable bonds is 3. The number of nitrogens with two attached hydrogens (primary N) is 1. The van der Waals surface area contributed by atoms with E-state index in [1.165, 1.54) is 12.3 Å². The molecular weight excluding hydrogens is 387 g/mol. The number of benzene rings is 1. The number of hydrogen-bond donors (Lipinski definition) is 3. The van der Waals surface area contributed by atoms with Crippen molar-refractivity contribution in [2.75, 3.05) is 5.73 Å². The van der Waals surface area contributed by atoms with Crippen molar-refractivity contribution >= 4 is 34.9 Å². The van der Waals surface area contributed by atoms with Gasteiger partial charge in [-0.25, -0.2) is 4.79 Å². The Hall–Kier alpha value is -2.50. The number of H-pyrrole nitrogens is 1. The van der Waals surface area contributed by atoms with Crippen LogP contribution in [0.2, 0.25) is 10.0 Å². The van der Waals surface area contributed by atoms with Crippen molar-refractivity contribution in [3.8, 4) is 11.1 Å². The summed E-state index contributed by atoms with van der Waals surface area (Å²) in [6.07, 6.45) is 3.34. The maximum absolute atomic E-state index is 12.2. The van der Waals surface area contributed by atoms with E-state index < -0.39 is 11.5 Å². The van der Waals surface area contributed by atoms with Gasteiger partial charge in [0.15, 0.2) is 0 Å². The quantitative estimate of drug-likeness (QED) is 0.631. The number of anilines is 1. The molecule has 7 heteroatoms. The summed E-state index contributed by atoms with van der Waals surface area (Å²) in [7, 11) is 0. The van der Waals surface area contributed by atoms with Crippen LogP contribution in [-0.4, -0.2) is 16.1 Å². The first-order chi connectivity index (χ1) is 12.8. The molecule has 3 rings (SSSR count). The van der Waals surface area contributed by atoms with Crippen molar-refractivity contribution in [1.29, 1.82) is 0 Å². The van der Waals surface area contributed by atoms with Crippen LogP contribution >= 0.6 is 23.2 Å². The molecule has 140 valence electrons. The summed E-state index contributed by atoms with van der Waals surface area (Å²) < 4.78 is 0. The highest BCUT2D eigenvalue weighted by Crippen LogP contribution is 2.40. The molecule has 0 unspecified atom stereocenters. The molecule has 2 aromatic rings. The van der Waals surface area contributed by atoms with Gasteiger partial charge in [-0.1, -0.05) is 29.3 Å². The average Bonchev–Trinajstić information content (AvgIpc) is 3.43. The number of carboxylic acid groups (broad SMARTS) is 1. The van der Waals surface area contributed by atoms with E-state index in [4.69, 9.17) is 28.9 Å². The molecule has 4 N–H and O–H groups in total. The maximum Gasteiger partial charge on any atom is 0.341 e. The highest BCUT2D eigenvalue weighted by atomic mass is 35.5. The summed E-state index contributed by atoms with van der Waals surface area (Å²) >= 11 is 12.3. The van der Waals surface area contributed by atoms with Crippen LogP contribution in [0.4, 0.5) is 5.69 Å². The Balaban J connectivity index is 2.32. The zero-order valence-corrected chi connectivity index (χ0v) is 16.1. The van der Waals surface area contributed by atoms with Crippen molar-refractivity contribution in [2.45, 2.75) is 25.7 Å². The fourth-order valence-electron chi connectivity index (χ4n) is 2.89. The molecule has 1 aromatic heterocycles. The maximum atomic E-state index is 12.2. The number of aryl methyl sites for hydroxylation is 1. The van der Waals surface area contributed by atoms with Crippen LogP contribution in [-0.2, 0) is 0 Å². The second kappa shape index (κ2) is 7.62. The molecule has 0 amide bonds. The van der Waals surface area contributed by atoms with Gasteiger partial charge in [0.05, 0.1) is 15.7 Å². The number of aromatic nitrogens is 1. The minimum atomic E-state index is -1.26. The molecule has 1 fully saturated rings. The van der Waals surface area contributed by atoms with Gasteiger partial charge in [-0.3, -0.25) is 4.79 Å². The standard InChI is InChI=1S/C20H18Cl2N2O3/c1-10-6-12(11-2-3-11)7-15(20(26)27)19(25)24-5-4-14(10)13-8-16(21)18(23)17(22)9-13/h4-9,11H,2-3,23H2,1H3,(H,24,25)(H,26,27). The van der Waals surface area contributed by atoms with Crippen molar-refractivity contribution in [3.63, 3.8) is 0 Å². The Morgan fingerprint density at radius 3 is 2.37 bits per heavy atom. The van der Waals surface area contributed by atoms with E-state index >= 15 is 0 Å². The SMILES string of the molecule is Cc1cc(C2CC2)cc(C(=O)O)c(=O)[nH]ccc1-c1cc(Cl)c(N)c(Cl)c1. The lowest BCUT2D eigenvalue weighted by Crippen LogP contribution is -2.15. The molecule has 1 aromatic carbocycles. The predicted octanol–water partition coefficient (Wildman–Crippen LogP) is 4.94. The van der Waals surface area contributed by atoms with Gasteiger partial charge in [0.1, 0.15) is 5.56 Å². The topological polar surface area (TPSA) is 96.2 Å². The third kappa shape index (κ3) is 4.26. The minimum Gasteiger partial charge on any atom is -0.477 e. The number of carbonyl (C=O) groups is 1. The Bertz CT molecular complexity index is 1020. The first kappa shape index (κ1) is 19.3. The molecule has 0 bridgehead atoms. The lowest BCUT2D eigenvalue weighted by atomic mass is 10.00. The van der Waals surface area contributed by atoms with Gasteiger partial charge in [-0.15, -0.1) is 0 Å². The number of nitrogen functional groups attached to an aromatic ring is 1. The Morgan fingerprint density at radius 1 is 1.19 bits per heavy atom. The zero-order chi connectivity index (χ0) is 19.7. The smallest absolute Gasteiger partial charge is 0.341 e.